The first-order valence-electron chi connectivity index (χ1n) is 8.65. The molecule has 0 spiro atoms. The molecule has 1 aliphatic heterocycles. The number of piperazine rings is 1. The predicted molar refractivity (Wildman–Crippen MR) is 90.7 cm³/mol. The highest BCUT2D eigenvalue weighted by Gasteiger charge is 2.31. The molecule has 1 aromatic rings. The van der Waals surface area contributed by atoms with Gasteiger partial charge in [0, 0.05) is 32.7 Å². The van der Waals surface area contributed by atoms with Crippen molar-refractivity contribution in [1.29, 1.82) is 0 Å². The Balaban J connectivity index is 1.90. The van der Waals surface area contributed by atoms with Gasteiger partial charge < -0.3 is 10.6 Å². The average Bonchev–Trinajstić information content (AvgIpc) is 2.60. The molecule has 0 radical (unpaired) electrons. The van der Waals surface area contributed by atoms with Gasteiger partial charge in [0.1, 0.15) is 0 Å². The Bertz CT molecular complexity index is 583. The number of amides is 1. The van der Waals surface area contributed by atoms with Crippen molar-refractivity contribution < 1.29 is 18.0 Å². The number of rotatable bonds is 5. The Morgan fingerprint density at radius 2 is 1.88 bits per heavy atom. The van der Waals surface area contributed by atoms with Crippen LogP contribution in [-0.4, -0.2) is 47.9 Å². The van der Waals surface area contributed by atoms with E-state index in [1.165, 1.54) is 12.1 Å². The third-order valence-corrected chi connectivity index (χ3v) is 4.89. The minimum absolute atomic E-state index is 0.0342. The zero-order valence-electron chi connectivity index (χ0n) is 14.7. The van der Waals surface area contributed by atoms with E-state index in [0.29, 0.717) is 38.3 Å². The average molecular weight is 357 g/mol. The predicted octanol–water partition coefficient (Wildman–Crippen LogP) is 2.72. The molecule has 25 heavy (non-hydrogen) atoms. The Morgan fingerprint density at radius 3 is 2.44 bits per heavy atom. The lowest BCUT2D eigenvalue weighted by atomic mass is 9.98. The third-order valence-electron chi connectivity index (χ3n) is 4.89. The van der Waals surface area contributed by atoms with E-state index in [2.05, 4.69) is 4.90 Å². The number of nitrogens with zero attached hydrogens (tertiary/aromatic N) is 2. The first kappa shape index (κ1) is 19.7. The second kappa shape index (κ2) is 8.19. The molecule has 140 valence electrons. The van der Waals surface area contributed by atoms with E-state index >= 15 is 0 Å². The first-order chi connectivity index (χ1) is 11.7. The van der Waals surface area contributed by atoms with E-state index < -0.39 is 17.8 Å². The topological polar surface area (TPSA) is 49.6 Å². The zero-order chi connectivity index (χ0) is 18.6. The van der Waals surface area contributed by atoms with E-state index in [1.54, 1.807) is 11.0 Å². The summed E-state index contributed by atoms with van der Waals surface area (Å²) in [6.45, 7) is 6.80. The van der Waals surface area contributed by atoms with Crippen LogP contribution in [0.2, 0.25) is 0 Å². The maximum absolute atomic E-state index is 12.8. The molecule has 1 aliphatic rings. The van der Waals surface area contributed by atoms with Gasteiger partial charge in [-0.05, 0) is 17.5 Å². The molecule has 1 fully saturated rings. The van der Waals surface area contributed by atoms with Gasteiger partial charge in [0.25, 0.3) is 0 Å². The normalized spacial score (nSPS) is 18.9. The van der Waals surface area contributed by atoms with Crippen LogP contribution in [0.3, 0.4) is 0 Å². The Kier molecular flexibility index (Phi) is 6.46. The van der Waals surface area contributed by atoms with Crippen LogP contribution in [0, 0.1) is 5.92 Å². The number of benzene rings is 1. The number of halogens is 3. The summed E-state index contributed by atoms with van der Waals surface area (Å²) in [5.41, 5.74) is 6.01. The second-order valence-electron chi connectivity index (χ2n) is 6.71. The van der Waals surface area contributed by atoms with Crippen molar-refractivity contribution in [3.8, 4) is 0 Å². The highest BCUT2D eigenvalue weighted by Crippen LogP contribution is 2.29. The van der Waals surface area contributed by atoms with Gasteiger partial charge in [-0.15, -0.1) is 0 Å². The van der Waals surface area contributed by atoms with Crippen LogP contribution in [0.1, 0.15) is 31.4 Å². The van der Waals surface area contributed by atoms with Crippen LogP contribution < -0.4 is 5.73 Å². The quantitative estimate of drug-likeness (QED) is 0.882. The molecule has 7 heteroatoms. The molecule has 0 saturated carbocycles. The summed E-state index contributed by atoms with van der Waals surface area (Å²) in [5.74, 6) is 0.101. The van der Waals surface area contributed by atoms with Crippen LogP contribution in [-0.2, 0) is 17.5 Å². The van der Waals surface area contributed by atoms with Crippen LogP contribution >= 0.6 is 0 Å². The number of carbonyl (C=O) groups is 1. The summed E-state index contributed by atoms with van der Waals surface area (Å²) >= 11 is 0. The summed E-state index contributed by atoms with van der Waals surface area (Å²) < 4.78 is 38.4. The highest BCUT2D eigenvalue weighted by molar-refractivity contribution is 5.82. The smallest absolute Gasteiger partial charge is 0.339 e. The molecule has 4 nitrogen and oxygen atoms in total. The molecule has 1 heterocycles. The van der Waals surface area contributed by atoms with Gasteiger partial charge >= 0.3 is 6.18 Å². The first-order valence-corrected chi connectivity index (χ1v) is 8.65. The maximum atomic E-state index is 12.8. The number of carbonyl (C=O) groups excluding carboxylic acids is 1. The highest BCUT2D eigenvalue weighted by atomic mass is 19.4. The summed E-state index contributed by atoms with van der Waals surface area (Å²) in [6, 6.07) is 4.92. The standard InChI is InChI=1S/C18H26F3N3O/c1-3-13(2)16(22)17(25)24-9-7-23(8-10-24)12-14-5-4-6-15(11-14)18(19,20)21/h4-6,11,13,16H,3,7-10,12,22H2,1-2H3. The van der Waals surface area contributed by atoms with Gasteiger partial charge in [-0.2, -0.15) is 13.2 Å². The largest absolute Gasteiger partial charge is 0.416 e. The molecule has 1 amide bonds. The third kappa shape index (κ3) is 5.19. The molecule has 2 rings (SSSR count). The van der Waals surface area contributed by atoms with E-state index in [-0.39, 0.29) is 11.8 Å². The van der Waals surface area contributed by atoms with E-state index in [1.807, 2.05) is 13.8 Å². The van der Waals surface area contributed by atoms with Gasteiger partial charge in [-0.1, -0.05) is 38.5 Å². The van der Waals surface area contributed by atoms with Crippen molar-refractivity contribution in [2.75, 3.05) is 26.2 Å². The van der Waals surface area contributed by atoms with Crippen molar-refractivity contribution in [3.05, 3.63) is 35.4 Å². The van der Waals surface area contributed by atoms with Crippen LogP contribution in [0.15, 0.2) is 24.3 Å². The Morgan fingerprint density at radius 1 is 1.24 bits per heavy atom. The molecule has 0 bridgehead atoms. The number of nitrogens with two attached hydrogens (primary N) is 1. The number of hydrogen-bond acceptors (Lipinski definition) is 3. The van der Waals surface area contributed by atoms with Gasteiger partial charge in [-0.25, -0.2) is 0 Å². The molecule has 1 saturated heterocycles. The maximum Gasteiger partial charge on any atom is 0.416 e. The van der Waals surface area contributed by atoms with Crippen LogP contribution in [0.4, 0.5) is 13.2 Å². The van der Waals surface area contributed by atoms with E-state index in [4.69, 9.17) is 5.73 Å². The Labute approximate surface area is 146 Å². The molecule has 2 atom stereocenters. The van der Waals surface area contributed by atoms with Crippen molar-refractivity contribution in [3.63, 3.8) is 0 Å². The number of alkyl halides is 3. The lowest BCUT2D eigenvalue weighted by molar-refractivity contribution is -0.138. The van der Waals surface area contributed by atoms with E-state index in [0.717, 1.165) is 12.5 Å². The lowest BCUT2D eigenvalue weighted by Crippen LogP contribution is -2.54. The molecule has 2 unspecified atom stereocenters. The molecule has 0 aromatic heterocycles. The van der Waals surface area contributed by atoms with Crippen LogP contribution in [0.5, 0.6) is 0 Å². The van der Waals surface area contributed by atoms with Gasteiger partial charge in [0.2, 0.25) is 5.91 Å². The summed E-state index contributed by atoms with van der Waals surface area (Å²) in [4.78, 5) is 16.2. The zero-order valence-corrected chi connectivity index (χ0v) is 14.7. The summed E-state index contributed by atoms with van der Waals surface area (Å²) in [7, 11) is 0. The lowest BCUT2D eigenvalue weighted by Gasteiger charge is -2.36. The fourth-order valence-electron chi connectivity index (χ4n) is 2.94. The van der Waals surface area contributed by atoms with E-state index in [9.17, 15) is 18.0 Å². The fraction of sp³-hybridized carbons (Fsp3) is 0.611. The molecule has 2 N–H and O–H groups in total. The number of hydrogen-bond donors (Lipinski definition) is 1. The van der Waals surface area contributed by atoms with Gasteiger partial charge in [0.05, 0.1) is 11.6 Å². The van der Waals surface area contributed by atoms with Gasteiger partial charge in [0.15, 0.2) is 0 Å². The van der Waals surface area contributed by atoms with Gasteiger partial charge in [-0.3, -0.25) is 9.69 Å². The van der Waals surface area contributed by atoms with Crippen molar-refractivity contribution in [2.24, 2.45) is 11.7 Å². The van der Waals surface area contributed by atoms with Crippen LogP contribution in [0.25, 0.3) is 0 Å². The molecule has 0 aliphatic carbocycles. The minimum atomic E-state index is -4.33. The van der Waals surface area contributed by atoms with Crippen molar-refractivity contribution in [2.45, 2.75) is 39.0 Å². The minimum Gasteiger partial charge on any atom is -0.339 e. The van der Waals surface area contributed by atoms with Crippen molar-refractivity contribution in [1.82, 2.24) is 9.80 Å². The second-order valence-corrected chi connectivity index (χ2v) is 6.71. The Hall–Kier alpha value is -1.60. The SMILES string of the molecule is CCC(C)C(N)C(=O)N1CCN(Cc2cccc(C(F)(F)F)c2)CC1. The monoisotopic (exact) mass is 357 g/mol. The summed E-state index contributed by atoms with van der Waals surface area (Å²) in [6.07, 6.45) is -3.48. The fourth-order valence-corrected chi connectivity index (χ4v) is 2.94. The molecule has 1 aromatic carbocycles. The summed E-state index contributed by atoms with van der Waals surface area (Å²) in [5, 5.41) is 0. The molecular formula is C18H26F3N3O. The van der Waals surface area contributed by atoms with Crippen molar-refractivity contribution >= 4 is 5.91 Å². The molecular weight excluding hydrogens is 331 g/mol.